The minimum Gasteiger partial charge on any atom is -0.310 e. The van der Waals surface area contributed by atoms with Gasteiger partial charge in [-0.15, -0.1) is 0 Å². The molecule has 0 spiro atoms. The normalized spacial score (nSPS) is 15.9. The molecule has 0 saturated carbocycles. The van der Waals surface area contributed by atoms with Gasteiger partial charge in [0.05, 0.1) is 17.1 Å². The van der Waals surface area contributed by atoms with E-state index < -0.39 is 0 Å². The molecule has 8 aromatic carbocycles. The van der Waals surface area contributed by atoms with Crippen LogP contribution >= 0.6 is 0 Å². The largest absolute Gasteiger partial charge is 0.310 e. The molecule has 0 heterocycles. The number of hydrogen-bond acceptors (Lipinski definition) is 3. The van der Waals surface area contributed by atoms with E-state index in [9.17, 15) is 0 Å². The molecule has 10 rings (SSSR count). The highest BCUT2D eigenvalue weighted by molar-refractivity contribution is 5.93. The predicted molar refractivity (Wildman–Crippen MR) is 324 cm³/mol. The molecule has 0 unspecified atom stereocenters. The van der Waals surface area contributed by atoms with E-state index in [-0.39, 0.29) is 21.7 Å². The van der Waals surface area contributed by atoms with Crippen molar-refractivity contribution in [3.05, 3.63) is 218 Å². The standard InChI is InChI=1S/C72H81N3/c1-46-40-67(74(54-34-35-58-60(43-54)71(13,14)37-36-69(58,9)10)66-45-61-59(42-51(66)6)70(11,12)38-39-72(61,15)16)53(8)68(41-46)75(64-31-23-28-57(52(64)7)56-27-20-17-24-47(56)2)65-44-55(33-32-50(65)5)73(62-29-21-18-25-48(62)3)63-30-22-19-26-49(63)4/h17-35,40-45H,36-39H2,1-16H3. The van der Waals surface area contributed by atoms with Crippen LogP contribution in [-0.4, -0.2) is 0 Å². The molecule has 0 amide bonds. The number of aryl methyl sites for hydroxylation is 6. The fourth-order valence-electron chi connectivity index (χ4n) is 12.8. The van der Waals surface area contributed by atoms with Gasteiger partial charge < -0.3 is 14.7 Å². The maximum atomic E-state index is 2.65. The summed E-state index contributed by atoms with van der Waals surface area (Å²) < 4.78 is 0. The Bertz CT molecular complexity index is 3460. The molecule has 0 radical (unpaired) electrons. The molecule has 75 heavy (non-hydrogen) atoms. The van der Waals surface area contributed by atoms with Crippen molar-refractivity contribution in [2.75, 3.05) is 14.7 Å². The van der Waals surface area contributed by atoms with Gasteiger partial charge >= 0.3 is 0 Å². The molecule has 2 aliphatic rings. The number of rotatable bonds is 10. The fraction of sp³-hybridized carbons (Fsp3) is 0.333. The zero-order valence-electron chi connectivity index (χ0n) is 48.1. The molecule has 0 N–H and O–H groups in total. The molecule has 0 aliphatic heterocycles. The highest BCUT2D eigenvalue weighted by atomic mass is 15.2. The quantitative estimate of drug-likeness (QED) is 0.135. The first-order valence-corrected chi connectivity index (χ1v) is 27.7. The van der Waals surface area contributed by atoms with Crippen molar-refractivity contribution in [3.63, 3.8) is 0 Å². The van der Waals surface area contributed by atoms with Crippen molar-refractivity contribution < 1.29 is 0 Å². The SMILES string of the molecule is Cc1cc(N(c2ccc3c(c2)C(C)(C)CCC3(C)C)c2cc3c(cc2C)C(C)(C)CCC3(C)C)c(C)c(N(c2cc(N(c3ccccc3C)c3ccccc3C)ccc2C)c2cccc(-c3ccccc3C)c2C)c1. The van der Waals surface area contributed by atoms with Gasteiger partial charge in [0, 0.05) is 34.1 Å². The van der Waals surface area contributed by atoms with E-state index in [0.29, 0.717) is 0 Å². The molecular formula is C72H81N3. The van der Waals surface area contributed by atoms with Crippen LogP contribution in [0, 0.1) is 55.4 Å². The van der Waals surface area contributed by atoms with Gasteiger partial charge in [-0.3, -0.25) is 0 Å². The van der Waals surface area contributed by atoms with Crippen LogP contribution in [0.15, 0.2) is 152 Å². The molecule has 3 heteroatoms. The number of nitrogens with zero attached hydrogens (tertiary/aromatic N) is 3. The average molecular weight is 988 g/mol. The first kappa shape index (κ1) is 51.6. The lowest BCUT2D eigenvalue weighted by Gasteiger charge is -2.44. The van der Waals surface area contributed by atoms with Crippen molar-refractivity contribution in [1.82, 2.24) is 0 Å². The average Bonchev–Trinajstić information content (AvgIpc) is 3.37. The monoisotopic (exact) mass is 988 g/mol. The van der Waals surface area contributed by atoms with Gasteiger partial charge in [-0.2, -0.15) is 0 Å². The van der Waals surface area contributed by atoms with Crippen LogP contribution in [0.3, 0.4) is 0 Å². The first-order valence-electron chi connectivity index (χ1n) is 27.7. The third kappa shape index (κ3) is 9.19. The van der Waals surface area contributed by atoms with E-state index in [2.05, 4.69) is 277 Å². The zero-order valence-corrected chi connectivity index (χ0v) is 48.1. The van der Waals surface area contributed by atoms with E-state index in [1.165, 1.54) is 119 Å². The van der Waals surface area contributed by atoms with Crippen molar-refractivity contribution in [2.45, 2.75) is 158 Å². The van der Waals surface area contributed by atoms with Crippen molar-refractivity contribution in [3.8, 4) is 11.1 Å². The lowest BCUT2D eigenvalue weighted by atomic mass is 9.62. The Hall–Kier alpha value is -6.84. The minimum absolute atomic E-state index is 0.0388. The first-order chi connectivity index (χ1) is 35.5. The van der Waals surface area contributed by atoms with Gasteiger partial charge in [0.25, 0.3) is 0 Å². The van der Waals surface area contributed by atoms with Gasteiger partial charge in [-0.05, 0) is 241 Å². The summed E-state index contributed by atoms with van der Waals surface area (Å²) in [6.45, 7) is 37.9. The van der Waals surface area contributed by atoms with E-state index >= 15 is 0 Å². The summed E-state index contributed by atoms with van der Waals surface area (Å²) in [6.07, 6.45) is 4.68. The Balaban J connectivity index is 1.28. The molecule has 2 aliphatic carbocycles. The summed E-state index contributed by atoms with van der Waals surface area (Å²) in [7, 11) is 0. The summed E-state index contributed by atoms with van der Waals surface area (Å²) in [5.74, 6) is 0. The Morgan fingerprint density at radius 2 is 0.707 bits per heavy atom. The summed E-state index contributed by atoms with van der Waals surface area (Å²) in [5, 5.41) is 0. The van der Waals surface area contributed by atoms with E-state index in [0.717, 1.165) is 35.6 Å². The van der Waals surface area contributed by atoms with Crippen LogP contribution in [0.1, 0.15) is 148 Å². The number of anilines is 9. The second-order valence-electron chi connectivity index (χ2n) is 25.2. The van der Waals surface area contributed by atoms with Gasteiger partial charge in [0.15, 0.2) is 0 Å². The maximum Gasteiger partial charge on any atom is 0.0514 e. The topological polar surface area (TPSA) is 9.72 Å². The number of para-hydroxylation sites is 2. The predicted octanol–water partition coefficient (Wildman–Crippen LogP) is 20.9. The smallest absolute Gasteiger partial charge is 0.0514 e. The van der Waals surface area contributed by atoms with E-state index in [1.54, 1.807) is 0 Å². The number of hydrogen-bond donors (Lipinski definition) is 0. The Labute approximate surface area is 451 Å². The molecule has 0 atom stereocenters. The van der Waals surface area contributed by atoms with E-state index in [1.807, 2.05) is 0 Å². The lowest BCUT2D eigenvalue weighted by Crippen LogP contribution is -2.34. The Morgan fingerprint density at radius 1 is 0.280 bits per heavy atom. The van der Waals surface area contributed by atoms with Crippen LogP contribution in [0.5, 0.6) is 0 Å². The van der Waals surface area contributed by atoms with Crippen LogP contribution in [0.2, 0.25) is 0 Å². The van der Waals surface area contributed by atoms with Crippen LogP contribution in [0.25, 0.3) is 11.1 Å². The summed E-state index contributed by atoms with van der Waals surface area (Å²) in [5.41, 5.74) is 29.1. The molecule has 0 fully saturated rings. The number of fused-ring (bicyclic) bond motifs is 2. The van der Waals surface area contributed by atoms with Crippen molar-refractivity contribution >= 4 is 51.2 Å². The molecule has 8 aromatic rings. The molecular weight excluding hydrogens is 907 g/mol. The summed E-state index contributed by atoms with van der Waals surface area (Å²) in [4.78, 5) is 7.70. The lowest BCUT2D eigenvalue weighted by molar-refractivity contribution is 0.331. The fourth-order valence-corrected chi connectivity index (χ4v) is 12.8. The zero-order chi connectivity index (χ0) is 53.5. The minimum atomic E-state index is 0.0388. The molecule has 0 saturated heterocycles. The van der Waals surface area contributed by atoms with Crippen LogP contribution in [-0.2, 0) is 21.7 Å². The van der Waals surface area contributed by atoms with Gasteiger partial charge in [-0.25, -0.2) is 0 Å². The van der Waals surface area contributed by atoms with Crippen LogP contribution in [0.4, 0.5) is 51.2 Å². The van der Waals surface area contributed by atoms with Gasteiger partial charge in [0.1, 0.15) is 0 Å². The van der Waals surface area contributed by atoms with Gasteiger partial charge in [-0.1, -0.05) is 146 Å². The second kappa shape index (κ2) is 19.1. The third-order valence-electron chi connectivity index (χ3n) is 17.9. The second-order valence-corrected chi connectivity index (χ2v) is 25.2. The third-order valence-corrected chi connectivity index (χ3v) is 17.9. The van der Waals surface area contributed by atoms with Crippen molar-refractivity contribution in [1.29, 1.82) is 0 Å². The van der Waals surface area contributed by atoms with E-state index in [4.69, 9.17) is 0 Å². The van der Waals surface area contributed by atoms with Crippen molar-refractivity contribution in [2.24, 2.45) is 0 Å². The Morgan fingerprint density at radius 3 is 1.29 bits per heavy atom. The molecule has 0 bridgehead atoms. The van der Waals surface area contributed by atoms with Crippen LogP contribution < -0.4 is 14.7 Å². The summed E-state index contributed by atoms with van der Waals surface area (Å²) in [6, 6.07) is 57.9. The molecule has 0 aromatic heterocycles. The molecule has 384 valence electrons. The highest BCUT2D eigenvalue weighted by Gasteiger charge is 2.40. The number of benzene rings is 8. The highest BCUT2D eigenvalue weighted by Crippen LogP contribution is 2.54. The van der Waals surface area contributed by atoms with Gasteiger partial charge in [0.2, 0.25) is 0 Å². The Kier molecular flexibility index (Phi) is 13.1. The summed E-state index contributed by atoms with van der Waals surface area (Å²) >= 11 is 0. The maximum absolute atomic E-state index is 2.65. The molecule has 3 nitrogen and oxygen atoms in total.